The summed E-state index contributed by atoms with van der Waals surface area (Å²) in [5, 5.41) is 4.44. The molecule has 1 amide bonds. The van der Waals surface area contributed by atoms with Gasteiger partial charge in [-0.2, -0.15) is 5.10 Å². The Kier molecular flexibility index (Phi) is 6.84. The number of amides is 1. The third-order valence-corrected chi connectivity index (χ3v) is 4.57. The number of hydrogen-bond acceptors (Lipinski definition) is 5. The predicted octanol–water partition coefficient (Wildman–Crippen LogP) is 3.23. The molecule has 1 aliphatic heterocycles. The molecule has 1 aliphatic rings. The summed E-state index contributed by atoms with van der Waals surface area (Å²) in [6, 6.07) is 11.8. The Morgan fingerprint density at radius 1 is 1.29 bits per heavy atom. The van der Waals surface area contributed by atoms with E-state index in [0.29, 0.717) is 54.0 Å². The number of nitrogens with zero attached hydrogens (tertiary/aromatic N) is 2. The van der Waals surface area contributed by atoms with Crippen LogP contribution in [0.3, 0.4) is 0 Å². The van der Waals surface area contributed by atoms with Crippen molar-refractivity contribution in [3.63, 3.8) is 0 Å². The van der Waals surface area contributed by atoms with Gasteiger partial charge >= 0.3 is 0 Å². The Morgan fingerprint density at radius 2 is 2.04 bits per heavy atom. The number of benzene rings is 2. The minimum absolute atomic E-state index is 0.231. The monoisotopic (exact) mass is 405 g/mol. The van der Waals surface area contributed by atoms with Gasteiger partial charge in [0.25, 0.3) is 5.91 Å². The normalized spacial score (nSPS) is 14.7. The number of hydrazone groups is 1. The van der Waals surface area contributed by atoms with Crippen LogP contribution in [0, 0.1) is 5.82 Å². The lowest BCUT2D eigenvalue weighted by molar-refractivity contribution is -0.123. The molecule has 1 heterocycles. The van der Waals surface area contributed by atoms with E-state index in [1.165, 1.54) is 6.07 Å². The minimum Gasteiger partial charge on any atom is -0.482 e. The average Bonchev–Trinajstić information content (AvgIpc) is 2.72. The Balaban J connectivity index is 1.57. The van der Waals surface area contributed by atoms with E-state index in [4.69, 9.17) is 21.1 Å². The second-order valence-electron chi connectivity index (χ2n) is 6.22. The van der Waals surface area contributed by atoms with Gasteiger partial charge in [0, 0.05) is 18.7 Å². The van der Waals surface area contributed by atoms with E-state index in [0.717, 1.165) is 0 Å². The zero-order valence-corrected chi connectivity index (χ0v) is 16.2. The largest absolute Gasteiger partial charge is 0.482 e. The Labute approximate surface area is 167 Å². The number of halogens is 2. The maximum atomic E-state index is 14.5. The first-order chi connectivity index (χ1) is 13.5. The molecule has 0 aromatic heterocycles. The fourth-order valence-electron chi connectivity index (χ4n) is 2.74. The van der Waals surface area contributed by atoms with Crippen LogP contribution in [-0.4, -0.2) is 44.5 Å². The smallest absolute Gasteiger partial charge is 0.277 e. The molecule has 2 aromatic carbocycles. The number of para-hydroxylation sites is 1. The molecule has 8 heteroatoms. The summed E-state index contributed by atoms with van der Waals surface area (Å²) in [6.07, 6.45) is 0. The third kappa shape index (κ3) is 5.21. The van der Waals surface area contributed by atoms with Crippen molar-refractivity contribution >= 4 is 28.9 Å². The zero-order valence-electron chi connectivity index (χ0n) is 15.5. The van der Waals surface area contributed by atoms with Crippen LogP contribution in [0.2, 0.25) is 5.02 Å². The van der Waals surface area contributed by atoms with Crippen LogP contribution in [-0.2, 0) is 9.53 Å². The first-order valence-corrected chi connectivity index (χ1v) is 9.25. The number of anilines is 1. The highest BCUT2D eigenvalue weighted by molar-refractivity contribution is 6.32. The summed E-state index contributed by atoms with van der Waals surface area (Å²) in [5.41, 5.74) is 4.01. The highest BCUT2D eigenvalue weighted by Gasteiger charge is 2.16. The van der Waals surface area contributed by atoms with Crippen LogP contribution >= 0.6 is 11.6 Å². The van der Waals surface area contributed by atoms with Gasteiger partial charge < -0.3 is 14.4 Å². The first-order valence-electron chi connectivity index (χ1n) is 8.87. The molecule has 0 unspecified atom stereocenters. The third-order valence-electron chi connectivity index (χ3n) is 4.26. The highest BCUT2D eigenvalue weighted by atomic mass is 35.5. The first kappa shape index (κ1) is 20.1. The fourth-order valence-corrected chi connectivity index (χ4v) is 2.93. The van der Waals surface area contributed by atoms with Crippen molar-refractivity contribution in [2.45, 2.75) is 6.92 Å². The number of morpholine rings is 1. The van der Waals surface area contributed by atoms with E-state index >= 15 is 0 Å². The van der Waals surface area contributed by atoms with Gasteiger partial charge in [-0.15, -0.1) is 0 Å². The molecular formula is C20H21ClFN3O3. The summed E-state index contributed by atoms with van der Waals surface area (Å²) < 4.78 is 25.1. The van der Waals surface area contributed by atoms with Crippen molar-refractivity contribution in [1.29, 1.82) is 0 Å². The SMILES string of the molecule is C/C(=N/NC(=O)COc1ccccc1Cl)c1ccc(N2CCOCC2)c(F)c1. The fraction of sp³-hybridized carbons (Fsp3) is 0.300. The van der Waals surface area contributed by atoms with Gasteiger partial charge in [-0.1, -0.05) is 29.8 Å². The van der Waals surface area contributed by atoms with Crippen LogP contribution < -0.4 is 15.1 Å². The van der Waals surface area contributed by atoms with Crippen molar-refractivity contribution in [3.05, 3.63) is 58.9 Å². The Bertz CT molecular complexity index is 870. The van der Waals surface area contributed by atoms with Gasteiger partial charge in [0.1, 0.15) is 11.6 Å². The summed E-state index contributed by atoms with van der Waals surface area (Å²) in [4.78, 5) is 13.9. The predicted molar refractivity (Wildman–Crippen MR) is 107 cm³/mol. The van der Waals surface area contributed by atoms with Crippen molar-refractivity contribution < 1.29 is 18.7 Å². The average molecular weight is 406 g/mol. The van der Waals surface area contributed by atoms with Gasteiger partial charge in [0.2, 0.25) is 0 Å². The number of rotatable bonds is 6. The van der Waals surface area contributed by atoms with E-state index in [9.17, 15) is 9.18 Å². The Hall–Kier alpha value is -2.64. The topological polar surface area (TPSA) is 63.2 Å². The molecule has 0 spiro atoms. The molecule has 1 N–H and O–H groups in total. The Morgan fingerprint density at radius 3 is 2.75 bits per heavy atom. The van der Waals surface area contributed by atoms with E-state index in [-0.39, 0.29) is 12.4 Å². The van der Waals surface area contributed by atoms with Crippen molar-refractivity contribution in [2.75, 3.05) is 37.8 Å². The summed E-state index contributed by atoms with van der Waals surface area (Å²) in [5.74, 6) is -0.354. The quantitative estimate of drug-likeness (QED) is 0.592. The van der Waals surface area contributed by atoms with E-state index < -0.39 is 5.91 Å². The van der Waals surface area contributed by atoms with Gasteiger partial charge in [-0.05, 0) is 31.2 Å². The lowest BCUT2D eigenvalue weighted by atomic mass is 10.1. The minimum atomic E-state index is -0.440. The van der Waals surface area contributed by atoms with Crippen LogP contribution in [0.5, 0.6) is 5.75 Å². The lowest BCUT2D eigenvalue weighted by Gasteiger charge is -2.29. The van der Waals surface area contributed by atoms with Gasteiger partial charge in [-0.25, -0.2) is 9.82 Å². The van der Waals surface area contributed by atoms with Crippen LogP contribution in [0.15, 0.2) is 47.6 Å². The van der Waals surface area contributed by atoms with E-state index in [1.54, 1.807) is 43.3 Å². The maximum Gasteiger partial charge on any atom is 0.277 e. The molecule has 28 heavy (non-hydrogen) atoms. The van der Waals surface area contributed by atoms with Gasteiger partial charge in [0.05, 0.1) is 29.6 Å². The molecule has 6 nitrogen and oxygen atoms in total. The number of ether oxygens (including phenoxy) is 2. The van der Waals surface area contributed by atoms with Crippen molar-refractivity contribution in [3.8, 4) is 5.75 Å². The summed E-state index contributed by atoms with van der Waals surface area (Å²) in [6.45, 7) is 3.95. The van der Waals surface area contributed by atoms with Crippen molar-refractivity contribution in [1.82, 2.24) is 5.43 Å². The number of hydrogen-bond donors (Lipinski definition) is 1. The molecule has 1 saturated heterocycles. The number of nitrogens with one attached hydrogen (secondary N) is 1. The maximum absolute atomic E-state index is 14.5. The second-order valence-corrected chi connectivity index (χ2v) is 6.62. The highest BCUT2D eigenvalue weighted by Crippen LogP contribution is 2.23. The molecule has 0 radical (unpaired) electrons. The molecule has 3 rings (SSSR count). The zero-order chi connectivity index (χ0) is 19.9. The van der Waals surface area contributed by atoms with Gasteiger partial charge in [-0.3, -0.25) is 4.79 Å². The molecule has 1 fully saturated rings. The van der Waals surface area contributed by atoms with Crippen LogP contribution in [0.25, 0.3) is 0 Å². The number of carbonyl (C=O) groups is 1. The van der Waals surface area contributed by atoms with E-state index in [1.807, 2.05) is 4.90 Å². The summed E-state index contributed by atoms with van der Waals surface area (Å²) in [7, 11) is 0. The second kappa shape index (κ2) is 9.52. The molecule has 0 atom stereocenters. The van der Waals surface area contributed by atoms with E-state index in [2.05, 4.69) is 10.5 Å². The van der Waals surface area contributed by atoms with Crippen LogP contribution in [0.4, 0.5) is 10.1 Å². The molecule has 148 valence electrons. The molecule has 0 aliphatic carbocycles. The summed E-state index contributed by atoms with van der Waals surface area (Å²) >= 11 is 5.97. The lowest BCUT2D eigenvalue weighted by Crippen LogP contribution is -2.36. The van der Waals surface area contributed by atoms with Crippen molar-refractivity contribution in [2.24, 2.45) is 5.10 Å². The van der Waals surface area contributed by atoms with Crippen LogP contribution in [0.1, 0.15) is 12.5 Å². The molecule has 0 bridgehead atoms. The van der Waals surface area contributed by atoms with Gasteiger partial charge in [0.15, 0.2) is 6.61 Å². The molecule has 2 aromatic rings. The molecule has 0 saturated carbocycles. The molecular weight excluding hydrogens is 385 g/mol. The number of carbonyl (C=O) groups excluding carboxylic acids is 1. The standard InChI is InChI=1S/C20H21ClFN3O3/c1-14(23-24-20(26)13-28-19-5-3-2-4-16(19)21)15-6-7-18(17(22)12-15)25-8-10-27-11-9-25/h2-7,12H,8-11,13H2,1H3,(H,24,26)/b23-14-.